The van der Waals surface area contributed by atoms with Crippen LogP contribution in [0.15, 0.2) is 36.5 Å². The quantitative estimate of drug-likeness (QED) is 0.696. The molecule has 0 aliphatic carbocycles. The number of alkyl halides is 3. The molecule has 21 heavy (non-hydrogen) atoms. The third kappa shape index (κ3) is 3.47. The van der Waals surface area contributed by atoms with Gasteiger partial charge in [-0.15, -0.1) is 13.2 Å². The highest BCUT2D eigenvalue weighted by molar-refractivity contribution is 5.89. The summed E-state index contributed by atoms with van der Waals surface area (Å²) < 4.78 is 54.0. The molecule has 0 radical (unpaired) electrons. The van der Waals surface area contributed by atoms with Crippen molar-refractivity contribution in [2.75, 3.05) is 0 Å². The van der Waals surface area contributed by atoms with E-state index in [1.54, 1.807) is 0 Å². The summed E-state index contributed by atoms with van der Waals surface area (Å²) in [7, 11) is 0. The minimum absolute atomic E-state index is 0.00588. The van der Waals surface area contributed by atoms with Gasteiger partial charge in [0.2, 0.25) is 5.95 Å². The molecule has 0 spiro atoms. The summed E-state index contributed by atoms with van der Waals surface area (Å²) in [5.74, 6) is -3.33. The topological polar surface area (TPSA) is 59.4 Å². The Morgan fingerprint density at radius 1 is 1.24 bits per heavy atom. The lowest BCUT2D eigenvalue weighted by Crippen LogP contribution is -2.17. The Hall–Kier alpha value is -2.64. The van der Waals surface area contributed by atoms with Gasteiger partial charge in [0, 0.05) is 17.3 Å². The largest absolute Gasteiger partial charge is 0.573 e. The number of rotatable bonds is 3. The number of hydrogen-bond acceptors (Lipinski definition) is 3. The predicted octanol–water partition coefficient (Wildman–Crippen LogP) is 3.48. The standard InChI is InChI=1S/C13H7F4NO3/c14-11-9(12(19)20)5-7(6-18-11)8-3-1-2-4-10(8)21-13(15,16)17/h1-6H,(H,19,20). The highest BCUT2D eigenvalue weighted by Gasteiger charge is 2.32. The zero-order chi connectivity index (χ0) is 15.6. The Balaban J connectivity index is 2.52. The molecule has 0 unspecified atom stereocenters. The highest BCUT2D eigenvalue weighted by Crippen LogP contribution is 2.33. The number of carbonyl (C=O) groups is 1. The van der Waals surface area contributed by atoms with Gasteiger partial charge in [0.05, 0.1) is 0 Å². The van der Waals surface area contributed by atoms with Crippen molar-refractivity contribution in [3.63, 3.8) is 0 Å². The average molecular weight is 301 g/mol. The molecule has 1 N–H and O–H groups in total. The van der Waals surface area contributed by atoms with Gasteiger partial charge in [-0.3, -0.25) is 0 Å². The summed E-state index contributed by atoms with van der Waals surface area (Å²) >= 11 is 0. The maximum absolute atomic E-state index is 13.2. The first kappa shape index (κ1) is 14.8. The van der Waals surface area contributed by atoms with Crippen molar-refractivity contribution >= 4 is 5.97 Å². The molecule has 0 fully saturated rings. The van der Waals surface area contributed by atoms with E-state index >= 15 is 0 Å². The third-order valence-corrected chi connectivity index (χ3v) is 2.49. The number of halogens is 4. The fraction of sp³-hybridized carbons (Fsp3) is 0.0769. The second kappa shape index (κ2) is 5.39. The molecule has 0 saturated heterocycles. The summed E-state index contributed by atoms with van der Waals surface area (Å²) in [6, 6.07) is 5.99. The zero-order valence-corrected chi connectivity index (χ0v) is 10.2. The molecule has 0 aliphatic rings. The van der Waals surface area contributed by atoms with Gasteiger partial charge in [-0.1, -0.05) is 18.2 Å². The van der Waals surface area contributed by atoms with Crippen LogP contribution in [0.1, 0.15) is 10.4 Å². The molecule has 0 saturated carbocycles. The number of carboxylic acids is 1. The van der Waals surface area contributed by atoms with Gasteiger partial charge in [-0.05, 0) is 12.1 Å². The van der Waals surface area contributed by atoms with Gasteiger partial charge in [0.1, 0.15) is 11.3 Å². The van der Waals surface area contributed by atoms with Crippen molar-refractivity contribution in [3.05, 3.63) is 48.0 Å². The lowest BCUT2D eigenvalue weighted by atomic mass is 10.0. The molecule has 0 atom stereocenters. The summed E-state index contributed by atoms with van der Waals surface area (Å²) in [6.07, 6.45) is -3.97. The van der Waals surface area contributed by atoms with Gasteiger partial charge in [-0.2, -0.15) is 4.39 Å². The molecule has 1 heterocycles. The Bertz CT molecular complexity index is 685. The summed E-state index contributed by atoms with van der Waals surface area (Å²) in [6.45, 7) is 0. The van der Waals surface area contributed by atoms with Crippen molar-refractivity contribution in [1.29, 1.82) is 0 Å². The van der Waals surface area contributed by atoms with E-state index in [0.29, 0.717) is 0 Å². The van der Waals surface area contributed by atoms with Crippen LogP contribution in [0.25, 0.3) is 11.1 Å². The second-order valence-corrected chi connectivity index (χ2v) is 3.91. The number of nitrogens with zero attached hydrogens (tertiary/aromatic N) is 1. The van der Waals surface area contributed by atoms with Gasteiger partial charge >= 0.3 is 12.3 Å². The highest BCUT2D eigenvalue weighted by atomic mass is 19.4. The van der Waals surface area contributed by atoms with Crippen LogP contribution in [-0.2, 0) is 0 Å². The first-order chi connectivity index (χ1) is 9.78. The summed E-state index contributed by atoms with van der Waals surface area (Å²) in [4.78, 5) is 14.1. The van der Waals surface area contributed by atoms with Crippen LogP contribution in [0.5, 0.6) is 5.75 Å². The van der Waals surface area contributed by atoms with Gasteiger partial charge in [0.15, 0.2) is 0 Å². The van der Waals surface area contributed by atoms with Gasteiger partial charge in [0.25, 0.3) is 0 Å². The van der Waals surface area contributed by atoms with Crippen LogP contribution in [0.3, 0.4) is 0 Å². The number of carboxylic acid groups (broad SMARTS) is 1. The Morgan fingerprint density at radius 3 is 2.52 bits per heavy atom. The number of para-hydroxylation sites is 1. The Kier molecular flexibility index (Phi) is 3.79. The van der Waals surface area contributed by atoms with Crippen LogP contribution in [-0.4, -0.2) is 22.4 Å². The van der Waals surface area contributed by atoms with Crippen molar-refractivity contribution < 1.29 is 32.2 Å². The minimum Gasteiger partial charge on any atom is -0.478 e. The Labute approximate surface area is 115 Å². The van der Waals surface area contributed by atoms with E-state index in [1.807, 2.05) is 0 Å². The fourth-order valence-corrected chi connectivity index (χ4v) is 1.66. The zero-order valence-electron chi connectivity index (χ0n) is 10.2. The molecule has 4 nitrogen and oxygen atoms in total. The summed E-state index contributed by atoms with van der Waals surface area (Å²) in [5, 5.41) is 8.80. The van der Waals surface area contributed by atoms with E-state index in [9.17, 15) is 22.4 Å². The van der Waals surface area contributed by atoms with E-state index in [4.69, 9.17) is 5.11 Å². The van der Waals surface area contributed by atoms with Crippen molar-refractivity contribution in [3.8, 4) is 16.9 Å². The molecule has 1 aromatic carbocycles. The first-order valence-electron chi connectivity index (χ1n) is 5.52. The molecule has 2 aromatic rings. The number of aromatic nitrogens is 1. The summed E-state index contributed by atoms with van der Waals surface area (Å²) in [5.41, 5.74) is -0.798. The van der Waals surface area contributed by atoms with Gasteiger partial charge < -0.3 is 9.84 Å². The molecule has 0 bridgehead atoms. The number of ether oxygens (including phenoxy) is 1. The molecular weight excluding hydrogens is 294 g/mol. The van der Waals surface area contributed by atoms with E-state index in [2.05, 4.69) is 9.72 Å². The SMILES string of the molecule is O=C(O)c1cc(-c2ccccc2OC(F)(F)F)cnc1F. The predicted molar refractivity (Wildman–Crippen MR) is 63.3 cm³/mol. The normalized spacial score (nSPS) is 11.2. The van der Waals surface area contributed by atoms with Crippen molar-refractivity contribution in [2.45, 2.75) is 6.36 Å². The van der Waals surface area contributed by atoms with E-state index < -0.39 is 29.6 Å². The van der Waals surface area contributed by atoms with Crippen LogP contribution in [0.2, 0.25) is 0 Å². The Morgan fingerprint density at radius 2 is 1.90 bits per heavy atom. The maximum Gasteiger partial charge on any atom is 0.573 e. The molecule has 0 amide bonds. The van der Waals surface area contributed by atoms with Gasteiger partial charge in [-0.25, -0.2) is 9.78 Å². The molecule has 1 aromatic heterocycles. The number of hydrogen-bond donors (Lipinski definition) is 1. The smallest absolute Gasteiger partial charge is 0.478 e. The van der Waals surface area contributed by atoms with Crippen LogP contribution < -0.4 is 4.74 Å². The molecule has 2 rings (SSSR count). The average Bonchev–Trinajstić information content (AvgIpc) is 2.38. The van der Waals surface area contributed by atoms with Crippen molar-refractivity contribution in [2.24, 2.45) is 0 Å². The van der Waals surface area contributed by atoms with Crippen LogP contribution >= 0.6 is 0 Å². The maximum atomic E-state index is 13.2. The first-order valence-corrected chi connectivity index (χ1v) is 5.52. The lowest BCUT2D eigenvalue weighted by Gasteiger charge is -2.13. The minimum atomic E-state index is -4.90. The fourth-order valence-electron chi connectivity index (χ4n) is 1.66. The number of pyridine rings is 1. The number of aromatic carboxylic acids is 1. The van der Waals surface area contributed by atoms with E-state index in [0.717, 1.165) is 18.3 Å². The monoisotopic (exact) mass is 301 g/mol. The van der Waals surface area contributed by atoms with Crippen molar-refractivity contribution in [1.82, 2.24) is 4.98 Å². The molecule has 0 aliphatic heterocycles. The molecule has 110 valence electrons. The lowest BCUT2D eigenvalue weighted by molar-refractivity contribution is -0.274. The molecule has 8 heteroatoms. The second-order valence-electron chi connectivity index (χ2n) is 3.91. The van der Waals surface area contributed by atoms with E-state index in [1.165, 1.54) is 18.2 Å². The third-order valence-electron chi connectivity index (χ3n) is 2.49. The van der Waals surface area contributed by atoms with Crippen LogP contribution in [0.4, 0.5) is 17.6 Å². The number of benzene rings is 1. The van der Waals surface area contributed by atoms with E-state index in [-0.39, 0.29) is 11.1 Å². The molecular formula is C13H7F4NO3. The van der Waals surface area contributed by atoms with Crippen LogP contribution in [0, 0.1) is 5.95 Å².